The van der Waals surface area contributed by atoms with E-state index in [0.29, 0.717) is 6.04 Å². The van der Waals surface area contributed by atoms with Crippen molar-refractivity contribution in [1.82, 2.24) is 5.32 Å². The maximum Gasteiger partial charge on any atom is 0.0351 e. The second kappa shape index (κ2) is 7.45. The number of aryl methyl sites for hydroxylation is 2. The second-order valence-electron chi connectivity index (χ2n) is 7.47. The Hall–Kier alpha value is -0.820. The van der Waals surface area contributed by atoms with Crippen LogP contribution in [0.4, 0.5) is 0 Å². The van der Waals surface area contributed by atoms with Gasteiger partial charge in [0.1, 0.15) is 0 Å². The molecule has 1 heteroatoms. The summed E-state index contributed by atoms with van der Waals surface area (Å²) in [6.07, 6.45) is 5.36. The maximum atomic E-state index is 3.86. The zero-order valence-electron chi connectivity index (χ0n) is 14.6. The SMILES string of the molecule is CCCNC(c1cc(C)ccc1C)C1CC(C)CC(C)C1. The van der Waals surface area contributed by atoms with Gasteiger partial charge < -0.3 is 5.32 Å². The van der Waals surface area contributed by atoms with Gasteiger partial charge in [-0.1, -0.05) is 44.5 Å². The molecule has 0 aliphatic heterocycles. The first-order chi connectivity index (χ1) is 10.0. The van der Waals surface area contributed by atoms with Crippen molar-refractivity contribution < 1.29 is 0 Å². The van der Waals surface area contributed by atoms with Crippen LogP contribution in [-0.2, 0) is 0 Å². The smallest absolute Gasteiger partial charge is 0.0351 e. The van der Waals surface area contributed by atoms with Gasteiger partial charge in [-0.2, -0.15) is 0 Å². The summed E-state index contributed by atoms with van der Waals surface area (Å²) in [4.78, 5) is 0. The lowest BCUT2D eigenvalue weighted by Crippen LogP contribution is -2.34. The van der Waals surface area contributed by atoms with Crippen LogP contribution in [0.25, 0.3) is 0 Å². The Labute approximate surface area is 131 Å². The first-order valence-corrected chi connectivity index (χ1v) is 8.81. The van der Waals surface area contributed by atoms with Gasteiger partial charge in [-0.15, -0.1) is 0 Å². The molecule has 1 fully saturated rings. The van der Waals surface area contributed by atoms with Crippen molar-refractivity contribution in [3.63, 3.8) is 0 Å². The van der Waals surface area contributed by atoms with Crippen LogP contribution in [0.3, 0.4) is 0 Å². The quantitative estimate of drug-likeness (QED) is 0.763. The summed E-state index contributed by atoms with van der Waals surface area (Å²) in [6, 6.07) is 7.48. The first-order valence-electron chi connectivity index (χ1n) is 8.81. The predicted molar refractivity (Wildman–Crippen MR) is 92.6 cm³/mol. The van der Waals surface area contributed by atoms with Gasteiger partial charge in [0.2, 0.25) is 0 Å². The maximum absolute atomic E-state index is 3.86. The van der Waals surface area contributed by atoms with Crippen molar-refractivity contribution in [3.05, 3.63) is 34.9 Å². The molecule has 118 valence electrons. The highest BCUT2D eigenvalue weighted by Gasteiger charge is 2.31. The molecule has 2 rings (SSSR count). The molecule has 0 aromatic heterocycles. The molecule has 1 aliphatic carbocycles. The molecule has 1 nitrogen and oxygen atoms in total. The third-order valence-electron chi connectivity index (χ3n) is 5.07. The van der Waals surface area contributed by atoms with Gasteiger partial charge in [0.15, 0.2) is 0 Å². The highest BCUT2D eigenvalue weighted by atomic mass is 14.9. The van der Waals surface area contributed by atoms with E-state index < -0.39 is 0 Å². The van der Waals surface area contributed by atoms with Gasteiger partial charge in [-0.25, -0.2) is 0 Å². The predicted octanol–water partition coefficient (Wildman–Crippen LogP) is 5.42. The van der Waals surface area contributed by atoms with Crippen molar-refractivity contribution in [2.75, 3.05) is 6.54 Å². The zero-order valence-corrected chi connectivity index (χ0v) is 14.6. The molecule has 3 atom stereocenters. The van der Waals surface area contributed by atoms with Gasteiger partial charge in [-0.3, -0.25) is 0 Å². The monoisotopic (exact) mass is 287 g/mol. The Morgan fingerprint density at radius 3 is 2.38 bits per heavy atom. The third kappa shape index (κ3) is 4.32. The minimum atomic E-state index is 0.537. The summed E-state index contributed by atoms with van der Waals surface area (Å²) in [5.74, 6) is 2.53. The topological polar surface area (TPSA) is 12.0 Å². The van der Waals surface area contributed by atoms with E-state index in [9.17, 15) is 0 Å². The van der Waals surface area contributed by atoms with Gasteiger partial charge in [0, 0.05) is 6.04 Å². The van der Waals surface area contributed by atoms with E-state index in [2.05, 4.69) is 58.1 Å². The molecule has 0 bridgehead atoms. The van der Waals surface area contributed by atoms with Crippen LogP contribution < -0.4 is 5.32 Å². The molecule has 1 N–H and O–H groups in total. The summed E-state index contributed by atoms with van der Waals surface area (Å²) in [6.45, 7) is 12.7. The standard InChI is InChI=1S/C20H33N/c1-6-9-21-20(18-11-15(3)10-16(4)12-18)19-13-14(2)7-8-17(19)5/h7-8,13,15-16,18,20-21H,6,9-12H2,1-5H3. The molecule has 0 radical (unpaired) electrons. The van der Waals surface area contributed by atoms with Crippen LogP contribution in [0.2, 0.25) is 0 Å². The largest absolute Gasteiger partial charge is 0.310 e. The number of benzene rings is 1. The highest BCUT2D eigenvalue weighted by Crippen LogP contribution is 2.40. The minimum absolute atomic E-state index is 0.537. The number of nitrogens with one attached hydrogen (secondary N) is 1. The summed E-state index contributed by atoms with van der Waals surface area (Å²) >= 11 is 0. The molecule has 0 spiro atoms. The molecule has 1 aromatic rings. The Bertz CT molecular complexity index is 441. The average molecular weight is 287 g/mol. The molecule has 3 unspecified atom stereocenters. The Balaban J connectivity index is 2.26. The molecular formula is C20H33N. The average Bonchev–Trinajstić information content (AvgIpc) is 2.42. The van der Waals surface area contributed by atoms with E-state index in [1.807, 2.05) is 0 Å². The van der Waals surface area contributed by atoms with E-state index in [1.165, 1.54) is 42.4 Å². The Morgan fingerprint density at radius 2 is 1.76 bits per heavy atom. The Morgan fingerprint density at radius 1 is 1.10 bits per heavy atom. The van der Waals surface area contributed by atoms with Crippen LogP contribution >= 0.6 is 0 Å². The van der Waals surface area contributed by atoms with Crippen molar-refractivity contribution in [3.8, 4) is 0 Å². The number of hydrogen-bond donors (Lipinski definition) is 1. The first kappa shape index (κ1) is 16.5. The third-order valence-corrected chi connectivity index (χ3v) is 5.07. The van der Waals surface area contributed by atoms with E-state index in [0.717, 1.165) is 24.3 Å². The van der Waals surface area contributed by atoms with Crippen molar-refractivity contribution in [2.24, 2.45) is 17.8 Å². The molecule has 21 heavy (non-hydrogen) atoms. The molecule has 0 amide bonds. The normalized spacial score (nSPS) is 27.6. The van der Waals surface area contributed by atoms with Crippen molar-refractivity contribution >= 4 is 0 Å². The van der Waals surface area contributed by atoms with Crippen LogP contribution in [0.1, 0.15) is 69.2 Å². The minimum Gasteiger partial charge on any atom is -0.310 e. The second-order valence-corrected chi connectivity index (χ2v) is 7.47. The highest BCUT2D eigenvalue weighted by molar-refractivity contribution is 5.33. The van der Waals surface area contributed by atoms with Gasteiger partial charge in [0.05, 0.1) is 0 Å². The van der Waals surface area contributed by atoms with E-state index >= 15 is 0 Å². The molecule has 1 saturated carbocycles. The lowest BCUT2D eigenvalue weighted by molar-refractivity contribution is 0.176. The molecular weight excluding hydrogens is 254 g/mol. The lowest BCUT2D eigenvalue weighted by Gasteiger charge is -2.38. The fourth-order valence-corrected chi connectivity index (χ4v) is 4.21. The molecule has 1 aromatic carbocycles. The van der Waals surface area contributed by atoms with Crippen molar-refractivity contribution in [1.29, 1.82) is 0 Å². The van der Waals surface area contributed by atoms with Crippen LogP contribution in [0, 0.1) is 31.6 Å². The fraction of sp³-hybridized carbons (Fsp3) is 0.700. The molecule has 0 saturated heterocycles. The molecule has 0 heterocycles. The van der Waals surface area contributed by atoms with E-state index in [-0.39, 0.29) is 0 Å². The fourth-order valence-electron chi connectivity index (χ4n) is 4.21. The summed E-state index contributed by atoms with van der Waals surface area (Å²) in [5.41, 5.74) is 4.37. The number of hydrogen-bond acceptors (Lipinski definition) is 1. The summed E-state index contributed by atoms with van der Waals surface area (Å²) < 4.78 is 0. The van der Waals surface area contributed by atoms with Gasteiger partial charge in [0.25, 0.3) is 0 Å². The zero-order chi connectivity index (χ0) is 15.4. The van der Waals surface area contributed by atoms with Crippen LogP contribution in [0.15, 0.2) is 18.2 Å². The van der Waals surface area contributed by atoms with Gasteiger partial charge >= 0.3 is 0 Å². The summed E-state index contributed by atoms with van der Waals surface area (Å²) in [7, 11) is 0. The van der Waals surface area contributed by atoms with E-state index in [4.69, 9.17) is 0 Å². The van der Waals surface area contributed by atoms with Crippen molar-refractivity contribution in [2.45, 2.75) is 66.3 Å². The summed E-state index contributed by atoms with van der Waals surface area (Å²) in [5, 5.41) is 3.86. The van der Waals surface area contributed by atoms with Crippen LogP contribution in [-0.4, -0.2) is 6.54 Å². The van der Waals surface area contributed by atoms with E-state index in [1.54, 1.807) is 0 Å². The van der Waals surface area contributed by atoms with Crippen LogP contribution in [0.5, 0.6) is 0 Å². The molecule has 1 aliphatic rings. The Kier molecular flexibility index (Phi) is 5.87. The van der Waals surface area contributed by atoms with Gasteiger partial charge in [-0.05, 0) is 75.0 Å². The number of rotatable bonds is 5. The lowest BCUT2D eigenvalue weighted by atomic mass is 9.72.